The van der Waals surface area contributed by atoms with Crippen LogP contribution in [0.2, 0.25) is 0 Å². The van der Waals surface area contributed by atoms with E-state index in [0.717, 1.165) is 4.40 Å². The van der Waals surface area contributed by atoms with E-state index >= 15 is 0 Å². The normalized spacial score (nSPS) is 16.1. The van der Waals surface area contributed by atoms with Gasteiger partial charge in [-0.05, 0) is 0 Å². The molecule has 0 unspecified atom stereocenters. The van der Waals surface area contributed by atoms with Crippen molar-refractivity contribution >= 4 is 15.9 Å². The first-order valence-corrected chi connectivity index (χ1v) is 4.60. The summed E-state index contributed by atoms with van der Waals surface area (Å²) in [5, 5.41) is 3.30. The molecule has 0 amide bonds. The van der Waals surface area contributed by atoms with E-state index in [4.69, 9.17) is 0 Å². The molecule has 0 aromatic heterocycles. The van der Waals surface area contributed by atoms with Crippen molar-refractivity contribution in [3.8, 4) is 0 Å². The number of sulfonamides is 1. The van der Waals surface area contributed by atoms with Crippen LogP contribution in [0.3, 0.4) is 0 Å². The average Bonchev–Trinajstić information content (AvgIpc) is 1.98. The molecule has 0 fully saturated rings. The van der Waals surface area contributed by atoms with Gasteiger partial charge in [-0.3, -0.25) is 0 Å². The molecule has 0 saturated heterocycles. The lowest BCUT2D eigenvalue weighted by molar-refractivity contribution is -0.262. The molecule has 0 aliphatic heterocycles. The maximum Gasteiger partial charge on any atom is 0.471 e. The van der Waals surface area contributed by atoms with E-state index in [1.807, 2.05) is 0 Å². The maximum absolute atomic E-state index is 12.1. The van der Waals surface area contributed by atoms with Crippen molar-refractivity contribution in [1.29, 1.82) is 0 Å². The molecule has 13 heteroatoms. The molecule has 0 rings (SSSR count). The Morgan fingerprint density at radius 1 is 0.941 bits per heavy atom. The van der Waals surface area contributed by atoms with Gasteiger partial charge in [0.25, 0.3) is 0 Å². The Morgan fingerprint density at radius 3 is 1.53 bits per heavy atom. The van der Waals surface area contributed by atoms with E-state index in [-0.39, 0.29) is 0 Å². The van der Waals surface area contributed by atoms with Crippen molar-refractivity contribution in [2.24, 2.45) is 4.40 Å². The predicted molar refractivity (Wildman–Crippen MR) is 33.4 cm³/mol. The quantitative estimate of drug-likeness (QED) is 0.429. The highest BCUT2D eigenvalue weighted by atomic mass is 32.2. The third-order valence-electron chi connectivity index (χ3n) is 1.10. The summed E-state index contributed by atoms with van der Waals surface area (Å²) in [6.07, 6.45) is -12.7. The second kappa shape index (κ2) is 3.96. The van der Waals surface area contributed by atoms with E-state index in [0.29, 0.717) is 0 Å². The molecule has 0 N–H and O–H groups in total. The van der Waals surface area contributed by atoms with Crippen LogP contribution in [0, 0.1) is 0 Å². The van der Waals surface area contributed by atoms with Crippen LogP contribution in [0.25, 0.3) is 0 Å². The van der Waals surface area contributed by atoms with Crippen LogP contribution in [0.15, 0.2) is 4.40 Å². The van der Waals surface area contributed by atoms with Gasteiger partial charge in [0.15, 0.2) is 0 Å². The van der Waals surface area contributed by atoms with E-state index in [9.17, 15) is 48.6 Å². The highest BCUT2D eigenvalue weighted by Crippen LogP contribution is 2.40. The average molecular weight is 294 g/mol. The summed E-state index contributed by atoms with van der Waals surface area (Å²) < 4.78 is 114. The maximum atomic E-state index is 12.1. The van der Waals surface area contributed by atoms with Crippen molar-refractivity contribution in [2.45, 2.75) is 17.6 Å². The minimum Gasteiger partial charge on any atom is -0.855 e. The Labute approximate surface area is 87.6 Å². The molecule has 0 spiro atoms. The van der Waals surface area contributed by atoms with Crippen molar-refractivity contribution in [2.75, 3.05) is 0 Å². The summed E-state index contributed by atoms with van der Waals surface area (Å²) in [6.45, 7) is 0. The Balaban J connectivity index is 5.64. The molecule has 0 aliphatic carbocycles. The lowest BCUT2D eigenvalue weighted by Gasteiger charge is -2.19. The fraction of sp³-hybridized carbons (Fsp3) is 0.750. The van der Waals surface area contributed by atoms with Crippen LogP contribution < -0.4 is 5.11 Å². The molecule has 0 aromatic rings. The zero-order valence-corrected chi connectivity index (χ0v) is 7.92. The SMILES string of the molecule is O=S(=O)(N=C([O-])C(F)(F)F)C(F)(F)C(F)(F)F. The summed E-state index contributed by atoms with van der Waals surface area (Å²) in [5.74, 6) is -3.58. The molecule has 102 valence electrons. The lowest BCUT2D eigenvalue weighted by Crippen LogP contribution is -2.45. The molecule has 0 saturated carbocycles. The Kier molecular flexibility index (Phi) is 3.69. The van der Waals surface area contributed by atoms with Gasteiger partial charge in [0, 0.05) is 0 Å². The summed E-state index contributed by atoms with van der Waals surface area (Å²) in [6, 6.07) is 0. The van der Waals surface area contributed by atoms with Gasteiger partial charge in [-0.25, -0.2) is 0 Å². The second-order valence-electron chi connectivity index (χ2n) is 2.38. The predicted octanol–water partition coefficient (Wildman–Crippen LogP) is 0.792. The third kappa shape index (κ3) is 3.17. The first-order chi connectivity index (χ1) is 7.13. The number of halogens is 8. The number of hydrogen-bond acceptors (Lipinski definition) is 3. The van der Waals surface area contributed by atoms with Crippen LogP contribution in [-0.2, 0) is 10.0 Å². The summed E-state index contributed by atoms with van der Waals surface area (Å²) in [7, 11) is -7.00. The standard InChI is InChI=1S/C4HF8NO3S/c5-2(6,7)1(14)13-17(15,16)4(11,12)3(8,9)10/h(H,13,14)/p-1. The highest BCUT2D eigenvalue weighted by molar-refractivity contribution is 7.91. The van der Waals surface area contributed by atoms with Crippen LogP contribution in [0.1, 0.15) is 0 Å². The lowest BCUT2D eigenvalue weighted by atomic mass is 10.7. The van der Waals surface area contributed by atoms with E-state index < -0.39 is 33.5 Å². The minimum absolute atomic E-state index is 0.857. The van der Waals surface area contributed by atoms with Gasteiger partial charge in [-0.2, -0.15) is 47.9 Å². The van der Waals surface area contributed by atoms with E-state index in [1.54, 1.807) is 0 Å². The molecule has 0 radical (unpaired) electrons. The van der Waals surface area contributed by atoms with Gasteiger partial charge in [0.2, 0.25) is 0 Å². The summed E-state index contributed by atoms with van der Waals surface area (Å²) >= 11 is 0. The van der Waals surface area contributed by atoms with Crippen molar-refractivity contribution in [1.82, 2.24) is 0 Å². The van der Waals surface area contributed by atoms with Crippen molar-refractivity contribution < 1.29 is 48.6 Å². The topological polar surface area (TPSA) is 69.6 Å². The molecule has 0 heterocycles. The molecule has 0 atom stereocenters. The van der Waals surface area contributed by atoms with Gasteiger partial charge >= 0.3 is 27.6 Å². The zero-order valence-electron chi connectivity index (χ0n) is 7.10. The number of hydrogen-bond donors (Lipinski definition) is 0. The Hall–Kier alpha value is -1.14. The molecular formula is C4F8NO3S-. The molecule has 0 bridgehead atoms. The Morgan fingerprint density at radius 2 is 1.29 bits per heavy atom. The number of nitrogens with zero attached hydrogens (tertiary/aromatic N) is 1. The summed E-state index contributed by atoms with van der Waals surface area (Å²) in [4.78, 5) is 0. The van der Waals surface area contributed by atoms with Crippen LogP contribution in [0.5, 0.6) is 0 Å². The largest absolute Gasteiger partial charge is 0.855 e. The molecule has 0 aromatic carbocycles. The molecule has 0 aliphatic rings. The smallest absolute Gasteiger partial charge is 0.471 e. The fourth-order valence-electron chi connectivity index (χ4n) is 0.364. The minimum atomic E-state index is -7.00. The van der Waals surface area contributed by atoms with Crippen LogP contribution in [-0.4, -0.2) is 31.9 Å². The molecular weight excluding hydrogens is 294 g/mol. The highest BCUT2D eigenvalue weighted by Gasteiger charge is 2.67. The second-order valence-corrected chi connectivity index (χ2v) is 4.03. The van der Waals surface area contributed by atoms with Crippen LogP contribution in [0.4, 0.5) is 35.1 Å². The van der Waals surface area contributed by atoms with Crippen molar-refractivity contribution in [3.63, 3.8) is 0 Å². The first-order valence-electron chi connectivity index (χ1n) is 3.16. The number of alkyl halides is 8. The Bertz CT molecular complexity index is 417. The van der Waals surface area contributed by atoms with Gasteiger partial charge in [-0.15, -0.1) is 0 Å². The van der Waals surface area contributed by atoms with Gasteiger partial charge in [-0.1, -0.05) is 0 Å². The third-order valence-corrected chi connectivity index (χ3v) is 2.39. The fourth-order valence-corrected chi connectivity index (χ4v) is 1.09. The monoisotopic (exact) mass is 294 g/mol. The van der Waals surface area contributed by atoms with Gasteiger partial charge < -0.3 is 5.11 Å². The first kappa shape index (κ1) is 15.9. The van der Waals surface area contributed by atoms with E-state index in [1.165, 1.54) is 0 Å². The zero-order chi connectivity index (χ0) is 14.3. The molecule has 17 heavy (non-hydrogen) atoms. The van der Waals surface area contributed by atoms with Crippen LogP contribution >= 0.6 is 0 Å². The molecule has 4 nitrogen and oxygen atoms in total. The van der Waals surface area contributed by atoms with Gasteiger partial charge in [0.05, 0.1) is 5.90 Å². The van der Waals surface area contributed by atoms with Gasteiger partial charge in [0.1, 0.15) is 0 Å². The van der Waals surface area contributed by atoms with E-state index in [2.05, 4.69) is 0 Å². The van der Waals surface area contributed by atoms with Crippen molar-refractivity contribution in [3.05, 3.63) is 0 Å². The number of rotatable bonds is 2. The summed E-state index contributed by atoms with van der Waals surface area (Å²) in [5.41, 5.74) is 0.